The van der Waals surface area contributed by atoms with Gasteiger partial charge in [-0.25, -0.2) is 8.78 Å². The predicted molar refractivity (Wildman–Crippen MR) is 70.7 cm³/mol. The topological polar surface area (TPSA) is 26.3 Å². The summed E-state index contributed by atoms with van der Waals surface area (Å²) in [5, 5.41) is 0. The second-order valence-corrected chi connectivity index (χ2v) is 4.83. The van der Waals surface area contributed by atoms with Gasteiger partial charge in [0.15, 0.2) is 0 Å². The summed E-state index contributed by atoms with van der Waals surface area (Å²) in [4.78, 5) is 11.6. The molecular formula is C15H20F2O2. The number of ether oxygens (including phenoxy) is 1. The molecule has 1 aromatic rings. The molecule has 4 heteroatoms. The number of halogens is 2. The molecule has 106 valence electrons. The average Bonchev–Trinajstić information content (AvgIpc) is 2.35. The molecule has 0 amide bonds. The Balaban J connectivity index is 2.32. The molecule has 0 fully saturated rings. The van der Waals surface area contributed by atoms with E-state index in [9.17, 15) is 13.6 Å². The molecular weight excluding hydrogens is 250 g/mol. The van der Waals surface area contributed by atoms with Crippen LogP contribution in [0.25, 0.3) is 0 Å². The zero-order valence-electron chi connectivity index (χ0n) is 11.4. The van der Waals surface area contributed by atoms with E-state index in [1.807, 2.05) is 24.3 Å². The monoisotopic (exact) mass is 270 g/mol. The van der Waals surface area contributed by atoms with Gasteiger partial charge >= 0.3 is 0 Å². The highest BCUT2D eigenvalue weighted by Gasteiger charge is 2.07. The first-order chi connectivity index (χ1) is 8.99. The normalized spacial score (nSPS) is 11.3. The third-order valence-corrected chi connectivity index (χ3v) is 2.82. The fraction of sp³-hybridized carbons (Fsp3) is 0.533. The maximum atomic E-state index is 11.8. The molecule has 1 rings (SSSR count). The number of carbonyl (C=O) groups is 1. The Morgan fingerprint density at radius 1 is 1.21 bits per heavy atom. The highest BCUT2D eigenvalue weighted by Crippen LogP contribution is 2.15. The van der Waals surface area contributed by atoms with Crippen molar-refractivity contribution >= 4 is 5.78 Å². The van der Waals surface area contributed by atoms with Crippen LogP contribution in [-0.2, 0) is 16.0 Å². The second-order valence-electron chi connectivity index (χ2n) is 4.83. The third kappa shape index (κ3) is 6.43. The van der Waals surface area contributed by atoms with Crippen molar-refractivity contribution in [1.29, 1.82) is 0 Å². The Kier molecular flexibility index (Phi) is 6.64. The summed E-state index contributed by atoms with van der Waals surface area (Å²) < 4.78 is 28.3. The van der Waals surface area contributed by atoms with Gasteiger partial charge in [0, 0.05) is 12.8 Å². The average molecular weight is 270 g/mol. The molecule has 0 aliphatic rings. The van der Waals surface area contributed by atoms with Crippen LogP contribution < -0.4 is 0 Å². The molecule has 0 unspecified atom stereocenters. The first-order valence-corrected chi connectivity index (χ1v) is 6.45. The van der Waals surface area contributed by atoms with Crippen LogP contribution in [0.15, 0.2) is 24.3 Å². The molecule has 0 spiro atoms. The number of rotatable bonds is 8. The van der Waals surface area contributed by atoms with Gasteiger partial charge in [0.2, 0.25) is 0 Å². The maximum Gasteiger partial charge on any atom is 0.261 e. The van der Waals surface area contributed by atoms with E-state index in [0.29, 0.717) is 12.3 Å². The lowest BCUT2D eigenvalue weighted by Gasteiger charge is -2.07. The van der Waals surface area contributed by atoms with Crippen LogP contribution in [0.2, 0.25) is 0 Å². The van der Waals surface area contributed by atoms with Crippen LogP contribution in [0.1, 0.15) is 37.3 Å². The van der Waals surface area contributed by atoms with E-state index >= 15 is 0 Å². The van der Waals surface area contributed by atoms with Gasteiger partial charge in [0.1, 0.15) is 12.4 Å². The number of carbonyl (C=O) groups excluding carboxylic acids is 1. The fourth-order valence-electron chi connectivity index (χ4n) is 1.69. The summed E-state index contributed by atoms with van der Waals surface area (Å²) >= 11 is 0. The van der Waals surface area contributed by atoms with Crippen LogP contribution in [-0.4, -0.2) is 25.4 Å². The summed E-state index contributed by atoms with van der Waals surface area (Å²) in [6.45, 7) is 3.69. The minimum absolute atomic E-state index is 0.00608. The summed E-state index contributed by atoms with van der Waals surface area (Å²) in [7, 11) is 0. The second kappa shape index (κ2) is 8.00. The molecule has 0 aromatic heterocycles. The van der Waals surface area contributed by atoms with Crippen molar-refractivity contribution in [3.05, 3.63) is 35.4 Å². The van der Waals surface area contributed by atoms with Crippen molar-refractivity contribution in [2.75, 3.05) is 13.2 Å². The van der Waals surface area contributed by atoms with Crippen molar-refractivity contribution < 1.29 is 18.3 Å². The number of hydrogen-bond donors (Lipinski definition) is 0. The Bertz CT molecular complexity index is 386. The lowest BCUT2D eigenvalue weighted by atomic mass is 10.00. The largest absolute Gasteiger partial charge is 0.375 e. The first kappa shape index (κ1) is 15.8. The van der Waals surface area contributed by atoms with Crippen LogP contribution in [0.4, 0.5) is 8.78 Å². The van der Waals surface area contributed by atoms with Crippen molar-refractivity contribution in [3.63, 3.8) is 0 Å². The van der Waals surface area contributed by atoms with Crippen LogP contribution in [0.3, 0.4) is 0 Å². The van der Waals surface area contributed by atoms with E-state index in [-0.39, 0.29) is 18.8 Å². The van der Waals surface area contributed by atoms with Gasteiger partial charge in [0.25, 0.3) is 6.43 Å². The summed E-state index contributed by atoms with van der Waals surface area (Å²) in [5.74, 6) is 0.471. The van der Waals surface area contributed by atoms with Gasteiger partial charge in [-0.15, -0.1) is 0 Å². The molecule has 0 aliphatic heterocycles. The first-order valence-electron chi connectivity index (χ1n) is 6.45. The Hall–Kier alpha value is -1.29. The van der Waals surface area contributed by atoms with Gasteiger partial charge < -0.3 is 4.74 Å². The van der Waals surface area contributed by atoms with Gasteiger partial charge in [0.05, 0.1) is 6.61 Å². The third-order valence-electron chi connectivity index (χ3n) is 2.82. The van der Waals surface area contributed by atoms with Gasteiger partial charge in [-0.1, -0.05) is 38.1 Å². The highest BCUT2D eigenvalue weighted by molar-refractivity contribution is 5.80. The molecule has 0 saturated carbocycles. The van der Waals surface area contributed by atoms with Gasteiger partial charge in [-0.05, 0) is 17.0 Å². The number of alkyl halides is 2. The van der Waals surface area contributed by atoms with E-state index in [0.717, 1.165) is 5.56 Å². The number of benzene rings is 1. The standard InChI is InChI=1S/C15H20F2O2/c1-11(2)13-5-3-12(4-6-13)9-14(18)7-8-19-10-15(16)17/h3-6,11,15H,7-10H2,1-2H3. The molecule has 0 aliphatic carbocycles. The maximum absolute atomic E-state index is 11.8. The number of Topliss-reactive ketones (excluding diaryl/α,β-unsaturated/α-hetero) is 1. The molecule has 0 saturated heterocycles. The van der Waals surface area contributed by atoms with Crippen molar-refractivity contribution in [3.8, 4) is 0 Å². The Morgan fingerprint density at radius 3 is 2.37 bits per heavy atom. The zero-order valence-corrected chi connectivity index (χ0v) is 11.4. The Labute approximate surface area is 112 Å². The highest BCUT2D eigenvalue weighted by atomic mass is 19.3. The van der Waals surface area contributed by atoms with E-state index in [4.69, 9.17) is 0 Å². The van der Waals surface area contributed by atoms with E-state index in [2.05, 4.69) is 18.6 Å². The van der Waals surface area contributed by atoms with Crippen LogP contribution >= 0.6 is 0 Å². The van der Waals surface area contributed by atoms with Crippen molar-refractivity contribution in [2.45, 2.75) is 39.0 Å². The Morgan fingerprint density at radius 2 is 1.84 bits per heavy atom. The summed E-state index contributed by atoms with van der Waals surface area (Å²) in [6.07, 6.45) is -1.96. The van der Waals surface area contributed by atoms with E-state index in [1.54, 1.807) is 0 Å². The minimum Gasteiger partial charge on any atom is -0.375 e. The molecule has 2 nitrogen and oxygen atoms in total. The van der Waals surface area contributed by atoms with Gasteiger partial charge in [-0.3, -0.25) is 4.79 Å². The predicted octanol–water partition coefficient (Wildman–Crippen LogP) is 3.59. The molecule has 19 heavy (non-hydrogen) atoms. The molecule has 0 radical (unpaired) electrons. The van der Waals surface area contributed by atoms with E-state index < -0.39 is 13.0 Å². The molecule has 0 N–H and O–H groups in total. The molecule has 0 atom stereocenters. The lowest BCUT2D eigenvalue weighted by molar-refractivity contribution is -0.119. The minimum atomic E-state index is -2.47. The van der Waals surface area contributed by atoms with Crippen LogP contribution in [0, 0.1) is 0 Å². The summed E-state index contributed by atoms with van der Waals surface area (Å²) in [6, 6.07) is 7.90. The fourth-order valence-corrected chi connectivity index (χ4v) is 1.69. The quantitative estimate of drug-likeness (QED) is 0.675. The van der Waals surface area contributed by atoms with Crippen molar-refractivity contribution in [2.24, 2.45) is 0 Å². The molecule has 0 heterocycles. The van der Waals surface area contributed by atoms with Crippen molar-refractivity contribution in [1.82, 2.24) is 0 Å². The molecule has 0 bridgehead atoms. The zero-order chi connectivity index (χ0) is 14.3. The van der Waals surface area contributed by atoms with Crippen LogP contribution in [0.5, 0.6) is 0 Å². The SMILES string of the molecule is CC(C)c1ccc(CC(=O)CCOCC(F)F)cc1. The number of hydrogen-bond acceptors (Lipinski definition) is 2. The summed E-state index contributed by atoms with van der Waals surface area (Å²) in [5.41, 5.74) is 2.18. The van der Waals surface area contributed by atoms with Gasteiger partial charge in [-0.2, -0.15) is 0 Å². The lowest BCUT2D eigenvalue weighted by Crippen LogP contribution is -2.10. The molecule has 1 aromatic carbocycles. The number of ketones is 1. The smallest absolute Gasteiger partial charge is 0.261 e. The van der Waals surface area contributed by atoms with E-state index in [1.165, 1.54) is 5.56 Å².